The summed E-state index contributed by atoms with van der Waals surface area (Å²) in [5, 5.41) is 8.54. The fourth-order valence-electron chi connectivity index (χ4n) is 4.17. The van der Waals surface area contributed by atoms with Crippen LogP contribution in [0, 0.1) is 0 Å². The molecule has 2 aromatic heterocycles. The number of pyridine rings is 1. The molecule has 0 saturated carbocycles. The van der Waals surface area contributed by atoms with E-state index in [1.807, 2.05) is 20.8 Å². The molecule has 10 nitrogen and oxygen atoms in total. The maximum atomic E-state index is 13.3. The molecule has 3 aromatic rings. The zero-order valence-electron chi connectivity index (χ0n) is 22.4. The van der Waals surface area contributed by atoms with Crippen LogP contribution in [0.5, 0.6) is 0 Å². The third-order valence-electron chi connectivity index (χ3n) is 6.12. The van der Waals surface area contributed by atoms with Crippen molar-refractivity contribution in [3.05, 3.63) is 53.4 Å². The molecule has 1 atom stereocenters. The number of likely N-dealkylation sites (tertiary alicyclic amines) is 1. The molecule has 0 spiro atoms. The number of halogens is 1. The number of ether oxygens (including phenoxy) is 1. The number of anilines is 1. The smallest absolute Gasteiger partial charge is 0.410 e. The summed E-state index contributed by atoms with van der Waals surface area (Å²) in [6.45, 7) is 12.6. The summed E-state index contributed by atoms with van der Waals surface area (Å²) in [5.74, 6) is 0.360. The van der Waals surface area contributed by atoms with Gasteiger partial charge in [-0.25, -0.2) is 18.2 Å². The van der Waals surface area contributed by atoms with Gasteiger partial charge in [0, 0.05) is 19.3 Å². The van der Waals surface area contributed by atoms with Crippen LogP contribution in [-0.4, -0.2) is 57.8 Å². The van der Waals surface area contributed by atoms with Crippen LogP contribution in [0.3, 0.4) is 0 Å². The van der Waals surface area contributed by atoms with Gasteiger partial charge in [-0.1, -0.05) is 44.5 Å². The number of carbonyl (C=O) groups excluding carboxylic acids is 1. The molecule has 204 valence electrons. The molecule has 1 saturated heterocycles. The Morgan fingerprint density at radius 3 is 2.45 bits per heavy atom. The molecular weight excluding hydrogens is 528 g/mol. The van der Waals surface area contributed by atoms with E-state index < -0.39 is 15.6 Å². The van der Waals surface area contributed by atoms with Crippen LogP contribution in [0.25, 0.3) is 11.5 Å². The van der Waals surface area contributed by atoms with Crippen LogP contribution in [0.1, 0.15) is 59.6 Å². The first kappa shape index (κ1) is 27.8. The average Bonchev–Trinajstić information content (AvgIpc) is 3.47. The van der Waals surface area contributed by atoms with Gasteiger partial charge in [-0.05, 0) is 56.4 Å². The Morgan fingerprint density at radius 1 is 1.13 bits per heavy atom. The van der Waals surface area contributed by atoms with E-state index in [4.69, 9.17) is 16.3 Å². The molecule has 1 amide bonds. The number of hydrogen-bond acceptors (Lipinski definition) is 7. The maximum Gasteiger partial charge on any atom is 0.410 e. The third-order valence-corrected chi connectivity index (χ3v) is 7.71. The molecule has 1 unspecified atom stereocenters. The summed E-state index contributed by atoms with van der Waals surface area (Å²) in [6.07, 6.45) is 3.25. The molecule has 0 aliphatic carbocycles. The lowest BCUT2D eigenvalue weighted by atomic mass is 9.87. The molecule has 1 aromatic carbocycles. The summed E-state index contributed by atoms with van der Waals surface area (Å²) in [6, 6.07) is 8.11. The van der Waals surface area contributed by atoms with Gasteiger partial charge in [0.25, 0.3) is 10.0 Å². The van der Waals surface area contributed by atoms with Crippen molar-refractivity contribution in [1.82, 2.24) is 24.6 Å². The van der Waals surface area contributed by atoms with Gasteiger partial charge < -0.3 is 14.2 Å². The summed E-state index contributed by atoms with van der Waals surface area (Å²) in [5.41, 5.74) is 0.768. The van der Waals surface area contributed by atoms with E-state index >= 15 is 0 Å². The minimum Gasteiger partial charge on any atom is -0.444 e. The number of nitrogens with one attached hydrogen (secondary N) is 1. The van der Waals surface area contributed by atoms with Crippen LogP contribution < -0.4 is 4.72 Å². The SMILES string of the molecule is CC(C)(C)OC(=O)N1CCC(n2cnnc2-c2ncc(Cl)cc2NS(=O)(=O)c2ccc(C(C)(C)C)cc2)C1. The van der Waals surface area contributed by atoms with Crippen molar-refractivity contribution in [2.24, 2.45) is 0 Å². The second-order valence-electron chi connectivity index (χ2n) is 11.4. The van der Waals surface area contributed by atoms with E-state index in [0.717, 1.165) is 5.56 Å². The summed E-state index contributed by atoms with van der Waals surface area (Å²) in [7, 11) is -3.95. The second kappa shape index (κ2) is 10.2. The van der Waals surface area contributed by atoms with Crippen molar-refractivity contribution in [2.45, 2.75) is 69.9 Å². The Labute approximate surface area is 228 Å². The minimum atomic E-state index is -3.95. The molecule has 4 rings (SSSR count). The standard InChI is InChI=1S/C26H33ClN6O4S/c1-25(2,3)17-7-9-20(10-8-17)38(35,36)31-21-13-18(27)14-28-22(21)23-30-29-16-33(23)19-11-12-32(15-19)24(34)37-26(4,5)6/h7-10,13-14,16,19,31H,11-12,15H2,1-6H3. The van der Waals surface area contributed by atoms with Gasteiger partial charge in [0.1, 0.15) is 17.6 Å². The Balaban J connectivity index is 1.61. The first-order chi connectivity index (χ1) is 17.6. The summed E-state index contributed by atoms with van der Waals surface area (Å²) in [4.78, 5) is 18.7. The minimum absolute atomic E-state index is 0.108. The predicted octanol–water partition coefficient (Wildman–Crippen LogP) is 5.27. The molecule has 12 heteroatoms. The highest BCUT2D eigenvalue weighted by Gasteiger charge is 2.33. The lowest BCUT2D eigenvalue weighted by Crippen LogP contribution is -2.35. The molecule has 38 heavy (non-hydrogen) atoms. The quantitative estimate of drug-likeness (QED) is 0.451. The molecule has 1 N–H and O–H groups in total. The van der Waals surface area contributed by atoms with Crippen LogP contribution in [0.15, 0.2) is 47.8 Å². The highest BCUT2D eigenvalue weighted by atomic mass is 35.5. The van der Waals surface area contributed by atoms with Gasteiger partial charge in [-0.2, -0.15) is 0 Å². The molecular formula is C26H33ClN6O4S. The van der Waals surface area contributed by atoms with Crippen molar-refractivity contribution < 1.29 is 17.9 Å². The van der Waals surface area contributed by atoms with E-state index in [2.05, 4.69) is 40.7 Å². The number of nitrogens with zero attached hydrogens (tertiary/aromatic N) is 5. The van der Waals surface area contributed by atoms with Gasteiger partial charge in [-0.3, -0.25) is 4.72 Å². The molecule has 1 fully saturated rings. The van der Waals surface area contributed by atoms with Gasteiger partial charge in [0.15, 0.2) is 5.82 Å². The number of amides is 1. The second-order valence-corrected chi connectivity index (χ2v) is 13.5. The van der Waals surface area contributed by atoms with E-state index in [0.29, 0.717) is 25.3 Å². The topological polar surface area (TPSA) is 119 Å². The first-order valence-corrected chi connectivity index (χ1v) is 14.2. The average molecular weight is 561 g/mol. The first-order valence-electron chi connectivity index (χ1n) is 12.3. The molecule has 1 aliphatic rings. The molecule has 0 radical (unpaired) electrons. The zero-order valence-corrected chi connectivity index (χ0v) is 24.0. The lowest BCUT2D eigenvalue weighted by molar-refractivity contribution is 0.0289. The number of benzene rings is 1. The fourth-order valence-corrected chi connectivity index (χ4v) is 5.39. The monoisotopic (exact) mass is 560 g/mol. The third kappa shape index (κ3) is 6.27. The van der Waals surface area contributed by atoms with Crippen molar-refractivity contribution in [1.29, 1.82) is 0 Å². The number of hydrogen-bond donors (Lipinski definition) is 1. The number of aromatic nitrogens is 4. The largest absolute Gasteiger partial charge is 0.444 e. The maximum absolute atomic E-state index is 13.3. The van der Waals surface area contributed by atoms with Gasteiger partial charge in [0.05, 0.1) is 21.6 Å². The Kier molecular flexibility index (Phi) is 7.46. The number of rotatable bonds is 5. The zero-order chi connectivity index (χ0) is 27.9. The Bertz CT molecular complexity index is 1430. The lowest BCUT2D eigenvalue weighted by Gasteiger charge is -2.24. The van der Waals surface area contributed by atoms with Crippen molar-refractivity contribution in [2.75, 3.05) is 17.8 Å². The molecule has 0 bridgehead atoms. The highest BCUT2D eigenvalue weighted by Crippen LogP contribution is 2.33. The van der Waals surface area contributed by atoms with Crippen LogP contribution in [0.2, 0.25) is 5.02 Å². The summed E-state index contributed by atoms with van der Waals surface area (Å²) < 4.78 is 36.5. The molecule has 1 aliphatic heterocycles. The van der Waals surface area contributed by atoms with Crippen molar-refractivity contribution in [3.63, 3.8) is 0 Å². The Hall–Kier alpha value is -3.18. The van der Waals surface area contributed by atoms with Crippen LogP contribution in [0.4, 0.5) is 10.5 Å². The van der Waals surface area contributed by atoms with Gasteiger partial charge in [0.2, 0.25) is 0 Å². The van der Waals surface area contributed by atoms with E-state index in [-0.39, 0.29) is 38.8 Å². The van der Waals surface area contributed by atoms with Crippen LogP contribution >= 0.6 is 11.6 Å². The predicted molar refractivity (Wildman–Crippen MR) is 146 cm³/mol. The highest BCUT2D eigenvalue weighted by molar-refractivity contribution is 7.92. The summed E-state index contributed by atoms with van der Waals surface area (Å²) >= 11 is 6.20. The Morgan fingerprint density at radius 2 is 1.82 bits per heavy atom. The van der Waals surface area contributed by atoms with Gasteiger partial charge in [-0.15, -0.1) is 10.2 Å². The van der Waals surface area contributed by atoms with Crippen LogP contribution in [-0.2, 0) is 20.2 Å². The van der Waals surface area contributed by atoms with Gasteiger partial charge >= 0.3 is 6.09 Å². The number of carbonyl (C=O) groups is 1. The fraction of sp³-hybridized carbons (Fsp3) is 0.462. The van der Waals surface area contributed by atoms with E-state index in [1.165, 1.54) is 12.3 Å². The molecule has 3 heterocycles. The van der Waals surface area contributed by atoms with E-state index in [9.17, 15) is 13.2 Å². The van der Waals surface area contributed by atoms with Crippen molar-refractivity contribution >= 4 is 33.4 Å². The van der Waals surface area contributed by atoms with Crippen molar-refractivity contribution in [3.8, 4) is 11.5 Å². The number of sulfonamides is 1. The van der Waals surface area contributed by atoms with E-state index in [1.54, 1.807) is 40.1 Å². The normalized spacial score (nSPS) is 16.5.